The Balaban J connectivity index is 2.32. The van der Waals surface area contributed by atoms with Gasteiger partial charge in [0, 0.05) is 17.8 Å². The minimum atomic E-state index is -4.15. The smallest absolute Gasteiger partial charge is 0.338 e. The Hall–Kier alpha value is -3.14. The molecule has 0 radical (unpaired) electrons. The van der Waals surface area contributed by atoms with Gasteiger partial charge in [-0.1, -0.05) is 0 Å². The van der Waals surface area contributed by atoms with Crippen LogP contribution in [0.2, 0.25) is 0 Å². The number of non-ortho nitro benzene ring substituents is 1. The number of nitro groups is 1. The van der Waals surface area contributed by atoms with Crippen molar-refractivity contribution in [2.75, 3.05) is 18.4 Å². The molecule has 0 spiro atoms. The number of esters is 1. The standard InChI is InChI=1S/C16H16N2O7S/c1-3-25-16(19)11-4-6-12(7-5-11)17-26(22,23)15-10-13(18(20)21)8-9-14(15)24-2/h4-10,17H,3H2,1-2H3. The highest BCUT2D eigenvalue weighted by atomic mass is 32.2. The van der Waals surface area contributed by atoms with E-state index in [4.69, 9.17) is 9.47 Å². The van der Waals surface area contributed by atoms with Gasteiger partial charge in [-0.05, 0) is 37.3 Å². The molecule has 10 heteroatoms. The summed E-state index contributed by atoms with van der Waals surface area (Å²) in [6.45, 7) is 1.90. The number of sulfonamides is 1. The van der Waals surface area contributed by atoms with Crippen molar-refractivity contribution in [3.05, 3.63) is 58.1 Å². The molecule has 0 saturated carbocycles. The highest BCUT2D eigenvalue weighted by Crippen LogP contribution is 2.29. The monoisotopic (exact) mass is 380 g/mol. The number of benzene rings is 2. The van der Waals surface area contributed by atoms with E-state index < -0.39 is 20.9 Å². The summed E-state index contributed by atoms with van der Waals surface area (Å²) in [7, 11) is -2.89. The van der Waals surface area contributed by atoms with Crippen LogP contribution >= 0.6 is 0 Å². The number of hydrogen-bond donors (Lipinski definition) is 1. The molecule has 0 aliphatic carbocycles. The van der Waals surface area contributed by atoms with Crippen LogP contribution in [0.3, 0.4) is 0 Å². The van der Waals surface area contributed by atoms with Gasteiger partial charge in [-0.25, -0.2) is 13.2 Å². The van der Waals surface area contributed by atoms with E-state index in [-0.39, 0.29) is 34.2 Å². The van der Waals surface area contributed by atoms with Crippen molar-refractivity contribution < 1.29 is 27.6 Å². The second-order valence-corrected chi connectivity index (χ2v) is 6.65. The van der Waals surface area contributed by atoms with E-state index in [9.17, 15) is 23.3 Å². The fourth-order valence-corrected chi connectivity index (χ4v) is 3.34. The number of ether oxygens (including phenoxy) is 2. The number of carbonyl (C=O) groups excluding carboxylic acids is 1. The predicted octanol–water partition coefficient (Wildman–Crippen LogP) is 2.58. The van der Waals surface area contributed by atoms with Crippen LogP contribution in [0.5, 0.6) is 5.75 Å². The molecular weight excluding hydrogens is 364 g/mol. The first-order valence-electron chi connectivity index (χ1n) is 7.41. The van der Waals surface area contributed by atoms with E-state index in [1.54, 1.807) is 6.92 Å². The second-order valence-electron chi connectivity index (χ2n) is 5.00. The minimum Gasteiger partial charge on any atom is -0.495 e. The molecule has 26 heavy (non-hydrogen) atoms. The Morgan fingerprint density at radius 1 is 1.19 bits per heavy atom. The molecule has 0 aliphatic heterocycles. The van der Waals surface area contributed by atoms with Crippen molar-refractivity contribution in [2.24, 2.45) is 0 Å². The maximum absolute atomic E-state index is 12.6. The highest BCUT2D eigenvalue weighted by Gasteiger charge is 2.23. The van der Waals surface area contributed by atoms with E-state index in [0.29, 0.717) is 0 Å². The second kappa shape index (κ2) is 7.83. The number of anilines is 1. The van der Waals surface area contributed by atoms with Gasteiger partial charge in [-0.2, -0.15) is 0 Å². The molecule has 138 valence electrons. The van der Waals surface area contributed by atoms with E-state index in [2.05, 4.69) is 4.72 Å². The molecule has 9 nitrogen and oxygen atoms in total. The van der Waals surface area contributed by atoms with Crippen LogP contribution in [-0.4, -0.2) is 33.0 Å². The molecule has 1 N–H and O–H groups in total. The van der Waals surface area contributed by atoms with Crippen LogP contribution in [0, 0.1) is 10.1 Å². The van der Waals surface area contributed by atoms with Crippen LogP contribution in [0.15, 0.2) is 47.4 Å². The number of rotatable bonds is 7. The number of methoxy groups -OCH3 is 1. The lowest BCUT2D eigenvalue weighted by Gasteiger charge is -2.11. The lowest BCUT2D eigenvalue weighted by molar-refractivity contribution is -0.385. The van der Waals surface area contributed by atoms with E-state index in [1.807, 2.05) is 0 Å². The number of nitro benzene ring substituents is 1. The third-order valence-electron chi connectivity index (χ3n) is 3.30. The van der Waals surface area contributed by atoms with Gasteiger partial charge in [0.05, 0.1) is 24.2 Å². The fourth-order valence-electron chi connectivity index (χ4n) is 2.09. The summed E-state index contributed by atoms with van der Waals surface area (Å²) in [5.74, 6) is -0.562. The van der Waals surface area contributed by atoms with Crippen LogP contribution in [0.25, 0.3) is 0 Å². The summed E-state index contributed by atoms with van der Waals surface area (Å²) in [6.07, 6.45) is 0. The number of nitrogens with one attached hydrogen (secondary N) is 1. The van der Waals surface area contributed by atoms with E-state index in [0.717, 1.165) is 12.1 Å². The van der Waals surface area contributed by atoms with Gasteiger partial charge in [-0.3, -0.25) is 14.8 Å². The lowest BCUT2D eigenvalue weighted by atomic mass is 10.2. The first kappa shape index (κ1) is 19.2. The Bertz CT molecular complexity index is 924. The fraction of sp³-hybridized carbons (Fsp3) is 0.188. The topological polar surface area (TPSA) is 125 Å². The zero-order chi connectivity index (χ0) is 19.3. The first-order chi connectivity index (χ1) is 12.3. The van der Waals surface area contributed by atoms with Crippen molar-refractivity contribution in [2.45, 2.75) is 11.8 Å². The normalized spacial score (nSPS) is 10.8. The number of carbonyl (C=O) groups is 1. The van der Waals surface area contributed by atoms with Crippen LogP contribution < -0.4 is 9.46 Å². The molecule has 0 fully saturated rings. The Kier molecular flexibility index (Phi) is 5.78. The third-order valence-corrected chi connectivity index (χ3v) is 4.70. The van der Waals surface area contributed by atoms with Crippen molar-refractivity contribution in [1.82, 2.24) is 0 Å². The summed E-state index contributed by atoms with van der Waals surface area (Å²) < 4.78 is 37.3. The van der Waals surface area contributed by atoms with Gasteiger partial charge in [-0.15, -0.1) is 0 Å². The largest absolute Gasteiger partial charge is 0.495 e. The van der Waals surface area contributed by atoms with Crippen molar-refractivity contribution >= 4 is 27.4 Å². The zero-order valence-corrected chi connectivity index (χ0v) is 14.8. The molecule has 2 rings (SSSR count). The van der Waals surface area contributed by atoms with E-state index >= 15 is 0 Å². The molecule has 0 aliphatic rings. The predicted molar refractivity (Wildman–Crippen MR) is 92.9 cm³/mol. The molecule has 0 saturated heterocycles. The Morgan fingerprint density at radius 2 is 1.85 bits per heavy atom. The average Bonchev–Trinajstić information content (AvgIpc) is 2.61. The van der Waals surface area contributed by atoms with Crippen molar-refractivity contribution in [3.63, 3.8) is 0 Å². The van der Waals surface area contributed by atoms with Gasteiger partial charge >= 0.3 is 5.97 Å². The molecule has 0 aromatic heterocycles. The summed E-state index contributed by atoms with van der Waals surface area (Å²) in [5, 5.41) is 10.9. The summed E-state index contributed by atoms with van der Waals surface area (Å²) >= 11 is 0. The summed E-state index contributed by atoms with van der Waals surface area (Å²) in [5.41, 5.74) is 0.0539. The van der Waals surface area contributed by atoms with E-state index in [1.165, 1.54) is 37.4 Å². The van der Waals surface area contributed by atoms with Gasteiger partial charge in [0.25, 0.3) is 15.7 Å². The van der Waals surface area contributed by atoms with Crippen LogP contribution in [-0.2, 0) is 14.8 Å². The first-order valence-corrected chi connectivity index (χ1v) is 8.89. The summed E-state index contributed by atoms with van der Waals surface area (Å²) in [6, 6.07) is 8.83. The maximum Gasteiger partial charge on any atom is 0.338 e. The lowest BCUT2D eigenvalue weighted by Crippen LogP contribution is -2.14. The highest BCUT2D eigenvalue weighted by molar-refractivity contribution is 7.92. The van der Waals surface area contributed by atoms with Crippen molar-refractivity contribution in [1.29, 1.82) is 0 Å². The van der Waals surface area contributed by atoms with Gasteiger partial charge < -0.3 is 9.47 Å². The number of hydrogen-bond acceptors (Lipinski definition) is 7. The molecular formula is C16H16N2O7S. The molecule has 2 aromatic carbocycles. The zero-order valence-electron chi connectivity index (χ0n) is 14.0. The quantitative estimate of drug-likeness (QED) is 0.444. The SMILES string of the molecule is CCOC(=O)c1ccc(NS(=O)(=O)c2cc([N+](=O)[O-])ccc2OC)cc1. The van der Waals surface area contributed by atoms with Crippen LogP contribution in [0.4, 0.5) is 11.4 Å². The molecule has 0 unspecified atom stereocenters. The minimum absolute atomic E-state index is 0.0359. The third kappa shape index (κ3) is 4.28. The molecule has 0 heterocycles. The maximum atomic E-state index is 12.6. The summed E-state index contributed by atoms with van der Waals surface area (Å²) in [4.78, 5) is 21.4. The van der Waals surface area contributed by atoms with Gasteiger partial charge in [0.2, 0.25) is 0 Å². The molecule has 0 amide bonds. The van der Waals surface area contributed by atoms with Crippen molar-refractivity contribution in [3.8, 4) is 5.75 Å². The van der Waals surface area contributed by atoms with Gasteiger partial charge in [0.1, 0.15) is 10.6 Å². The average molecular weight is 380 g/mol. The molecule has 0 bridgehead atoms. The Morgan fingerprint density at radius 3 is 2.38 bits per heavy atom. The molecule has 2 aromatic rings. The Labute approximate surface area is 149 Å². The van der Waals surface area contributed by atoms with Crippen LogP contribution in [0.1, 0.15) is 17.3 Å². The molecule has 0 atom stereocenters. The number of nitrogens with zero attached hydrogens (tertiary/aromatic N) is 1. The van der Waals surface area contributed by atoms with Gasteiger partial charge in [0.15, 0.2) is 0 Å².